The van der Waals surface area contributed by atoms with Gasteiger partial charge in [-0.1, -0.05) is 11.6 Å². The minimum atomic E-state index is -0.788. The number of anilines is 1. The van der Waals surface area contributed by atoms with Crippen LogP contribution in [0.2, 0.25) is 5.02 Å². The van der Waals surface area contributed by atoms with Crippen molar-refractivity contribution in [3.05, 3.63) is 23.2 Å². The third-order valence-corrected chi connectivity index (χ3v) is 4.47. The van der Waals surface area contributed by atoms with Crippen LogP contribution in [0.3, 0.4) is 0 Å². The molecule has 2 unspecified atom stereocenters. The number of benzene rings is 1. The zero-order chi connectivity index (χ0) is 17.7. The van der Waals surface area contributed by atoms with Gasteiger partial charge in [0.2, 0.25) is 0 Å². The molecule has 2 rings (SSSR count). The van der Waals surface area contributed by atoms with Gasteiger partial charge in [-0.25, -0.2) is 0 Å². The minimum absolute atomic E-state index is 0.107. The monoisotopic (exact) mass is 355 g/mol. The topological polar surface area (TPSA) is 56.8 Å². The van der Waals surface area contributed by atoms with E-state index < -0.39 is 5.60 Å². The van der Waals surface area contributed by atoms with Crippen molar-refractivity contribution in [3.63, 3.8) is 0 Å². The molecule has 0 aliphatic heterocycles. The van der Waals surface area contributed by atoms with Crippen LogP contribution in [0.5, 0.6) is 5.75 Å². The van der Waals surface area contributed by atoms with Gasteiger partial charge >= 0.3 is 0 Å². The molecular formula is C18H26ClNO4. The molecule has 1 aliphatic rings. The molecule has 0 bridgehead atoms. The van der Waals surface area contributed by atoms with E-state index in [-0.39, 0.29) is 17.9 Å². The van der Waals surface area contributed by atoms with E-state index in [0.29, 0.717) is 29.7 Å². The molecule has 24 heavy (non-hydrogen) atoms. The minimum Gasteiger partial charge on any atom is -0.487 e. The molecule has 2 atom stereocenters. The number of carbonyl (C=O) groups excluding carboxylic acids is 1. The van der Waals surface area contributed by atoms with Gasteiger partial charge in [-0.05, 0) is 57.7 Å². The first kappa shape index (κ1) is 19.0. The van der Waals surface area contributed by atoms with Gasteiger partial charge in [0.1, 0.15) is 17.5 Å². The van der Waals surface area contributed by atoms with E-state index >= 15 is 0 Å². The molecule has 1 fully saturated rings. The molecule has 1 aliphatic carbocycles. The molecule has 0 aromatic heterocycles. The molecule has 5 nitrogen and oxygen atoms in total. The molecule has 0 radical (unpaired) electrons. The smallest absolute Gasteiger partial charge is 0.256 e. The van der Waals surface area contributed by atoms with Crippen LogP contribution in [0.4, 0.5) is 5.69 Å². The zero-order valence-electron chi connectivity index (χ0n) is 14.7. The van der Waals surface area contributed by atoms with E-state index in [2.05, 4.69) is 5.32 Å². The molecule has 1 amide bonds. The number of rotatable bonds is 9. The first-order valence-corrected chi connectivity index (χ1v) is 8.69. The highest BCUT2D eigenvalue weighted by Gasteiger charge is 2.48. The Labute approximate surface area is 148 Å². The van der Waals surface area contributed by atoms with E-state index in [1.807, 2.05) is 20.8 Å². The quantitative estimate of drug-likeness (QED) is 0.730. The Morgan fingerprint density at radius 1 is 1.46 bits per heavy atom. The summed E-state index contributed by atoms with van der Waals surface area (Å²) in [6, 6.07) is 5.21. The fraction of sp³-hybridized carbons (Fsp3) is 0.611. The zero-order valence-corrected chi connectivity index (χ0v) is 15.5. The van der Waals surface area contributed by atoms with Gasteiger partial charge in [-0.2, -0.15) is 0 Å². The van der Waals surface area contributed by atoms with Crippen LogP contribution in [0.1, 0.15) is 33.6 Å². The summed E-state index contributed by atoms with van der Waals surface area (Å²) in [5.74, 6) is 0.712. The third-order valence-electron chi connectivity index (χ3n) is 4.17. The van der Waals surface area contributed by atoms with Crippen molar-refractivity contribution in [3.8, 4) is 5.75 Å². The number of methoxy groups -OCH3 is 1. The van der Waals surface area contributed by atoms with Crippen LogP contribution >= 0.6 is 11.6 Å². The molecule has 0 spiro atoms. The Balaban J connectivity index is 2.04. The normalized spacial score (nSPS) is 17.9. The lowest BCUT2D eigenvalue weighted by atomic mass is 9.99. The Kier molecular flexibility index (Phi) is 6.49. The van der Waals surface area contributed by atoms with Crippen molar-refractivity contribution < 1.29 is 19.0 Å². The van der Waals surface area contributed by atoms with Crippen LogP contribution in [0.25, 0.3) is 0 Å². The Bertz CT molecular complexity index is 576. The summed E-state index contributed by atoms with van der Waals surface area (Å²) in [5.41, 5.74) is -0.160. The number of nitrogens with one attached hydrogen (secondary N) is 1. The number of amides is 1. The second-order valence-electron chi connectivity index (χ2n) is 6.30. The molecule has 0 saturated heterocycles. The molecule has 1 aromatic rings. The molecule has 1 aromatic carbocycles. The highest BCUT2D eigenvalue weighted by atomic mass is 35.5. The lowest BCUT2D eigenvalue weighted by Crippen LogP contribution is -2.44. The average molecular weight is 356 g/mol. The van der Waals surface area contributed by atoms with Crippen LogP contribution in [0, 0.1) is 5.92 Å². The SMILES string of the molecule is CCOC(C)(C(=O)Nc1ccc(OC(C)COC)c(Cl)c1)C1CC1. The van der Waals surface area contributed by atoms with Crippen LogP contribution in [0.15, 0.2) is 18.2 Å². The predicted octanol–water partition coefficient (Wildman–Crippen LogP) is 3.90. The van der Waals surface area contributed by atoms with Crippen LogP contribution < -0.4 is 10.1 Å². The van der Waals surface area contributed by atoms with Crippen molar-refractivity contribution >= 4 is 23.2 Å². The largest absolute Gasteiger partial charge is 0.487 e. The number of halogens is 1. The maximum Gasteiger partial charge on any atom is 0.256 e. The second-order valence-corrected chi connectivity index (χ2v) is 6.70. The molecule has 1 N–H and O–H groups in total. The number of ether oxygens (including phenoxy) is 3. The summed E-state index contributed by atoms with van der Waals surface area (Å²) in [7, 11) is 1.62. The summed E-state index contributed by atoms with van der Waals surface area (Å²) < 4.78 is 16.5. The summed E-state index contributed by atoms with van der Waals surface area (Å²) >= 11 is 6.26. The first-order chi connectivity index (χ1) is 11.4. The summed E-state index contributed by atoms with van der Waals surface area (Å²) in [5, 5.41) is 3.35. The highest BCUT2D eigenvalue weighted by molar-refractivity contribution is 6.32. The van der Waals surface area contributed by atoms with Gasteiger partial charge in [-0.3, -0.25) is 4.79 Å². The Morgan fingerprint density at radius 2 is 2.17 bits per heavy atom. The van der Waals surface area contributed by atoms with Gasteiger partial charge in [0.15, 0.2) is 0 Å². The van der Waals surface area contributed by atoms with E-state index in [4.69, 9.17) is 25.8 Å². The standard InChI is InChI=1S/C18H26ClNO4/c1-5-23-18(3,13-6-7-13)17(21)20-14-8-9-16(15(19)10-14)24-12(2)11-22-4/h8-10,12-13H,5-7,11H2,1-4H3,(H,20,21). The van der Waals surface area contributed by atoms with Crippen LogP contribution in [-0.2, 0) is 14.3 Å². The molecule has 0 heterocycles. The Morgan fingerprint density at radius 3 is 2.71 bits per heavy atom. The fourth-order valence-electron chi connectivity index (χ4n) is 2.72. The molecule has 6 heteroatoms. The highest BCUT2D eigenvalue weighted by Crippen LogP contribution is 2.42. The van der Waals surface area contributed by atoms with Gasteiger partial charge in [0, 0.05) is 19.4 Å². The van der Waals surface area contributed by atoms with Crippen molar-refractivity contribution in [2.75, 3.05) is 25.6 Å². The van der Waals surface area contributed by atoms with Crippen molar-refractivity contribution in [2.24, 2.45) is 5.92 Å². The van der Waals surface area contributed by atoms with E-state index in [1.165, 1.54) is 0 Å². The summed E-state index contributed by atoms with van der Waals surface area (Å²) in [6.07, 6.45) is 1.94. The predicted molar refractivity (Wildman–Crippen MR) is 94.8 cm³/mol. The summed E-state index contributed by atoms with van der Waals surface area (Å²) in [4.78, 5) is 12.6. The first-order valence-electron chi connectivity index (χ1n) is 8.31. The third kappa shape index (κ3) is 4.62. The summed E-state index contributed by atoms with van der Waals surface area (Å²) in [6.45, 7) is 6.64. The van der Waals surface area contributed by atoms with Gasteiger partial charge in [-0.15, -0.1) is 0 Å². The lowest BCUT2D eigenvalue weighted by molar-refractivity contribution is -0.141. The maximum absolute atomic E-state index is 12.6. The fourth-order valence-corrected chi connectivity index (χ4v) is 2.94. The second kappa shape index (κ2) is 8.19. The molecular weight excluding hydrogens is 330 g/mol. The van der Waals surface area contributed by atoms with Crippen LogP contribution in [-0.4, -0.2) is 37.9 Å². The van der Waals surface area contributed by atoms with E-state index in [0.717, 1.165) is 12.8 Å². The number of hydrogen-bond donors (Lipinski definition) is 1. The van der Waals surface area contributed by atoms with Crippen molar-refractivity contribution in [2.45, 2.75) is 45.3 Å². The number of carbonyl (C=O) groups is 1. The van der Waals surface area contributed by atoms with Crippen molar-refractivity contribution in [1.29, 1.82) is 0 Å². The molecule has 1 saturated carbocycles. The van der Waals surface area contributed by atoms with Gasteiger partial charge in [0.05, 0.1) is 11.6 Å². The number of hydrogen-bond acceptors (Lipinski definition) is 4. The van der Waals surface area contributed by atoms with Gasteiger partial charge < -0.3 is 19.5 Å². The molecule has 134 valence electrons. The Hall–Kier alpha value is -1.30. The van der Waals surface area contributed by atoms with E-state index in [1.54, 1.807) is 25.3 Å². The van der Waals surface area contributed by atoms with Gasteiger partial charge in [0.25, 0.3) is 5.91 Å². The average Bonchev–Trinajstić information content (AvgIpc) is 3.35. The van der Waals surface area contributed by atoms with E-state index in [9.17, 15) is 4.79 Å². The lowest BCUT2D eigenvalue weighted by Gasteiger charge is -2.28. The maximum atomic E-state index is 12.6. The van der Waals surface area contributed by atoms with Crippen molar-refractivity contribution in [1.82, 2.24) is 0 Å².